The molecule has 7 heteroatoms. The smallest absolute Gasteiger partial charge is 0.269 e. The minimum Gasteiger partial charge on any atom is -0.396 e. The Balaban J connectivity index is 2.16. The first-order chi connectivity index (χ1) is 11.6. The van der Waals surface area contributed by atoms with Gasteiger partial charge in [0.05, 0.1) is 22.2 Å². The van der Waals surface area contributed by atoms with Gasteiger partial charge < -0.3 is 11.5 Å². The fourth-order valence-electron chi connectivity index (χ4n) is 2.94. The van der Waals surface area contributed by atoms with Crippen LogP contribution >= 0.6 is 0 Å². The monoisotopic (exact) mass is 318 g/mol. The maximum atomic E-state index is 11.7. The number of anilines is 1. The van der Waals surface area contributed by atoms with Crippen LogP contribution in [0, 0.1) is 6.92 Å². The number of hydrogen-bond acceptors (Lipinski definition) is 5. The second-order valence-electron chi connectivity index (χ2n) is 5.60. The Morgan fingerprint density at radius 3 is 2.88 bits per heavy atom. The number of nitrogens with two attached hydrogens (primary N) is 2. The van der Waals surface area contributed by atoms with Crippen LogP contribution in [0.25, 0.3) is 33.1 Å². The quantitative estimate of drug-likeness (QED) is 0.522. The summed E-state index contributed by atoms with van der Waals surface area (Å²) >= 11 is 0. The standard InChI is InChI=1S/C17H14N6O/c1-8-5-9-7-21-23-12(9)6-10(8)13-14(18)16(17(19)24)22-11-3-2-4-20-15(11)13/h2-7H,18H2,1H3,(H2,19,24)(H,21,23). The van der Waals surface area contributed by atoms with Crippen molar-refractivity contribution < 1.29 is 4.79 Å². The molecule has 0 aliphatic rings. The van der Waals surface area contributed by atoms with E-state index in [2.05, 4.69) is 20.2 Å². The lowest BCUT2D eigenvalue weighted by Crippen LogP contribution is -2.17. The van der Waals surface area contributed by atoms with Crippen molar-refractivity contribution in [1.82, 2.24) is 20.2 Å². The van der Waals surface area contributed by atoms with E-state index in [4.69, 9.17) is 11.5 Å². The summed E-state index contributed by atoms with van der Waals surface area (Å²) in [5.74, 6) is -0.669. The molecule has 0 atom stereocenters. The Morgan fingerprint density at radius 2 is 2.08 bits per heavy atom. The van der Waals surface area contributed by atoms with Gasteiger partial charge in [-0.2, -0.15) is 5.10 Å². The fraction of sp³-hybridized carbons (Fsp3) is 0.0588. The summed E-state index contributed by atoms with van der Waals surface area (Å²) in [7, 11) is 0. The predicted molar refractivity (Wildman–Crippen MR) is 92.3 cm³/mol. The maximum absolute atomic E-state index is 11.7. The molecular weight excluding hydrogens is 304 g/mol. The van der Waals surface area contributed by atoms with Gasteiger partial charge in [-0.05, 0) is 42.3 Å². The van der Waals surface area contributed by atoms with Crippen LogP contribution in [-0.4, -0.2) is 26.1 Å². The van der Waals surface area contributed by atoms with Crippen LogP contribution in [0.2, 0.25) is 0 Å². The van der Waals surface area contributed by atoms with Crippen molar-refractivity contribution in [2.24, 2.45) is 5.73 Å². The molecule has 4 rings (SSSR count). The van der Waals surface area contributed by atoms with Gasteiger partial charge in [-0.3, -0.25) is 14.9 Å². The van der Waals surface area contributed by atoms with Gasteiger partial charge in [0.15, 0.2) is 5.69 Å². The number of hydrogen-bond donors (Lipinski definition) is 3. The number of pyridine rings is 2. The van der Waals surface area contributed by atoms with E-state index in [9.17, 15) is 4.79 Å². The third-order valence-corrected chi connectivity index (χ3v) is 4.06. The van der Waals surface area contributed by atoms with Crippen molar-refractivity contribution in [3.05, 3.63) is 47.9 Å². The molecule has 0 aliphatic heterocycles. The van der Waals surface area contributed by atoms with Gasteiger partial charge in [0, 0.05) is 23.3 Å². The number of carbonyl (C=O) groups is 1. The molecule has 1 amide bonds. The highest BCUT2D eigenvalue weighted by Crippen LogP contribution is 2.37. The van der Waals surface area contributed by atoms with Crippen molar-refractivity contribution >= 4 is 33.5 Å². The lowest BCUT2D eigenvalue weighted by Gasteiger charge is -2.14. The molecule has 0 saturated heterocycles. The zero-order valence-electron chi connectivity index (χ0n) is 12.9. The van der Waals surface area contributed by atoms with Crippen molar-refractivity contribution in [1.29, 1.82) is 0 Å². The van der Waals surface area contributed by atoms with Gasteiger partial charge in [0.2, 0.25) is 0 Å². The minimum absolute atomic E-state index is 0.0482. The molecule has 0 unspecified atom stereocenters. The Morgan fingerprint density at radius 1 is 1.25 bits per heavy atom. The highest BCUT2D eigenvalue weighted by Gasteiger charge is 2.20. The topological polar surface area (TPSA) is 124 Å². The molecule has 4 aromatic rings. The number of aromatic amines is 1. The molecule has 1 aromatic carbocycles. The number of carbonyl (C=O) groups excluding carboxylic acids is 1. The molecule has 0 aliphatic carbocycles. The summed E-state index contributed by atoms with van der Waals surface area (Å²) < 4.78 is 0. The average molecular weight is 318 g/mol. The van der Waals surface area contributed by atoms with E-state index in [1.54, 1.807) is 18.3 Å². The maximum Gasteiger partial charge on any atom is 0.269 e. The largest absolute Gasteiger partial charge is 0.396 e. The summed E-state index contributed by atoms with van der Waals surface area (Å²) in [4.78, 5) is 20.4. The zero-order valence-corrected chi connectivity index (χ0v) is 12.9. The number of nitrogens with one attached hydrogen (secondary N) is 1. The highest BCUT2D eigenvalue weighted by atomic mass is 16.1. The number of amides is 1. The number of nitrogen functional groups attached to an aromatic ring is 1. The summed E-state index contributed by atoms with van der Waals surface area (Å²) in [6, 6.07) is 7.46. The normalized spacial score (nSPS) is 11.2. The van der Waals surface area contributed by atoms with Crippen molar-refractivity contribution in [2.75, 3.05) is 5.73 Å². The number of H-pyrrole nitrogens is 1. The van der Waals surface area contributed by atoms with E-state index >= 15 is 0 Å². The fourth-order valence-corrected chi connectivity index (χ4v) is 2.94. The van der Waals surface area contributed by atoms with E-state index in [0.29, 0.717) is 16.6 Å². The summed E-state index contributed by atoms with van der Waals surface area (Å²) in [5, 5.41) is 8.06. The number of aromatic nitrogens is 4. The average Bonchev–Trinajstić information content (AvgIpc) is 3.01. The molecule has 5 N–H and O–H groups in total. The Kier molecular flexibility index (Phi) is 2.96. The van der Waals surface area contributed by atoms with E-state index < -0.39 is 5.91 Å². The van der Waals surface area contributed by atoms with Crippen molar-refractivity contribution in [2.45, 2.75) is 6.92 Å². The first-order valence-corrected chi connectivity index (χ1v) is 7.35. The van der Waals surface area contributed by atoms with Crippen LogP contribution in [0.15, 0.2) is 36.7 Å². The molecule has 3 aromatic heterocycles. The molecule has 0 spiro atoms. The molecular formula is C17H14N6O. The van der Waals surface area contributed by atoms with E-state index in [0.717, 1.165) is 22.0 Å². The molecule has 0 bridgehead atoms. The Hall–Kier alpha value is -3.48. The van der Waals surface area contributed by atoms with Crippen molar-refractivity contribution in [3.8, 4) is 11.1 Å². The zero-order chi connectivity index (χ0) is 16.8. The minimum atomic E-state index is -0.669. The number of fused-ring (bicyclic) bond motifs is 2. The molecule has 24 heavy (non-hydrogen) atoms. The summed E-state index contributed by atoms with van der Waals surface area (Å²) in [5.41, 5.74) is 16.4. The van der Waals surface area contributed by atoms with E-state index in [1.165, 1.54) is 0 Å². The molecule has 118 valence electrons. The van der Waals surface area contributed by atoms with Gasteiger partial charge >= 0.3 is 0 Å². The van der Waals surface area contributed by atoms with Crippen molar-refractivity contribution in [3.63, 3.8) is 0 Å². The second-order valence-corrected chi connectivity index (χ2v) is 5.60. The molecule has 7 nitrogen and oxygen atoms in total. The summed E-state index contributed by atoms with van der Waals surface area (Å²) in [6.45, 7) is 1.97. The van der Waals surface area contributed by atoms with Gasteiger partial charge in [-0.15, -0.1) is 0 Å². The van der Waals surface area contributed by atoms with Crippen LogP contribution in [-0.2, 0) is 0 Å². The third-order valence-electron chi connectivity index (χ3n) is 4.06. The molecule has 0 radical (unpaired) electrons. The number of primary amides is 1. The Labute approximate surface area is 136 Å². The Bertz CT molecular complexity index is 1110. The van der Waals surface area contributed by atoms with Gasteiger partial charge in [-0.25, -0.2) is 4.98 Å². The number of rotatable bonds is 2. The van der Waals surface area contributed by atoms with E-state index in [1.807, 2.05) is 25.3 Å². The van der Waals surface area contributed by atoms with Gasteiger partial charge in [0.1, 0.15) is 0 Å². The van der Waals surface area contributed by atoms with Crippen LogP contribution < -0.4 is 11.5 Å². The second kappa shape index (κ2) is 5.02. The van der Waals surface area contributed by atoms with Crippen LogP contribution in [0.5, 0.6) is 0 Å². The van der Waals surface area contributed by atoms with Crippen LogP contribution in [0.1, 0.15) is 16.1 Å². The van der Waals surface area contributed by atoms with E-state index in [-0.39, 0.29) is 11.4 Å². The first-order valence-electron chi connectivity index (χ1n) is 7.35. The number of nitrogens with zero attached hydrogens (tertiary/aromatic N) is 3. The van der Waals surface area contributed by atoms with Gasteiger partial charge in [0.25, 0.3) is 5.91 Å². The first kappa shape index (κ1) is 14.1. The third kappa shape index (κ3) is 1.98. The number of aryl methyl sites for hydroxylation is 1. The SMILES string of the molecule is Cc1cc2c[nH]nc2cc1-c1c(N)c(C(N)=O)nc2cccnc12. The van der Waals surface area contributed by atoms with Crippen LogP contribution in [0.3, 0.4) is 0 Å². The molecule has 0 saturated carbocycles. The van der Waals surface area contributed by atoms with Gasteiger partial charge in [-0.1, -0.05) is 0 Å². The molecule has 3 heterocycles. The number of benzene rings is 1. The highest BCUT2D eigenvalue weighted by molar-refractivity contribution is 6.08. The molecule has 0 fully saturated rings. The van der Waals surface area contributed by atoms with Crippen LogP contribution in [0.4, 0.5) is 5.69 Å². The lowest BCUT2D eigenvalue weighted by molar-refractivity contribution is 0.0997. The lowest BCUT2D eigenvalue weighted by atomic mass is 9.95. The predicted octanol–water partition coefficient (Wildman–Crippen LogP) is 2.16. The summed E-state index contributed by atoms with van der Waals surface area (Å²) in [6.07, 6.45) is 3.49.